The predicted octanol–water partition coefficient (Wildman–Crippen LogP) is 4.89. The molecule has 4 rings (SSSR count). The lowest BCUT2D eigenvalue weighted by molar-refractivity contribution is -0.0152. The summed E-state index contributed by atoms with van der Waals surface area (Å²) in [5, 5.41) is 0. The summed E-state index contributed by atoms with van der Waals surface area (Å²) in [5.74, 6) is 0. The van der Waals surface area contributed by atoms with Crippen LogP contribution in [-0.2, 0) is 9.47 Å². The van der Waals surface area contributed by atoms with Crippen molar-refractivity contribution in [1.29, 1.82) is 0 Å². The van der Waals surface area contributed by atoms with Crippen molar-refractivity contribution < 1.29 is 19.1 Å². The summed E-state index contributed by atoms with van der Waals surface area (Å²) in [6, 6.07) is 8.85. The van der Waals surface area contributed by atoms with E-state index in [1.54, 1.807) is 9.80 Å². The Kier molecular flexibility index (Phi) is 7.74. The molecule has 3 saturated heterocycles. The lowest BCUT2D eigenvalue weighted by Crippen LogP contribution is -2.54. The molecule has 0 radical (unpaired) electrons. The van der Waals surface area contributed by atoms with Crippen molar-refractivity contribution in [3.05, 3.63) is 29.8 Å². The Morgan fingerprint density at radius 3 is 2.00 bits per heavy atom. The van der Waals surface area contributed by atoms with Crippen molar-refractivity contribution in [2.75, 3.05) is 50.7 Å². The summed E-state index contributed by atoms with van der Waals surface area (Å²) in [7, 11) is 0. The average molecular weight is 501 g/mol. The third kappa shape index (κ3) is 6.64. The predicted molar refractivity (Wildman–Crippen MR) is 141 cm³/mol. The van der Waals surface area contributed by atoms with Gasteiger partial charge < -0.3 is 19.3 Å². The maximum absolute atomic E-state index is 13.1. The van der Waals surface area contributed by atoms with E-state index in [-0.39, 0.29) is 18.2 Å². The molecule has 1 aromatic rings. The van der Waals surface area contributed by atoms with Gasteiger partial charge in [-0.3, -0.25) is 9.80 Å². The van der Waals surface area contributed by atoms with Crippen LogP contribution in [0.4, 0.5) is 15.3 Å². The molecule has 0 spiro atoms. The van der Waals surface area contributed by atoms with Crippen molar-refractivity contribution in [3.63, 3.8) is 0 Å². The minimum Gasteiger partial charge on any atom is -0.444 e. The SMILES string of the molecule is CC(C)(C)OC(=O)N1CCN(C(=O)OC(C)(C)C)C(c2ccc(N3CCC(N4CCCC4)C3)cc2)C1. The molecule has 0 N–H and O–H groups in total. The van der Waals surface area contributed by atoms with Crippen molar-refractivity contribution >= 4 is 17.9 Å². The first-order chi connectivity index (χ1) is 16.9. The number of amides is 2. The molecule has 0 aromatic heterocycles. The first-order valence-electron chi connectivity index (χ1n) is 13.5. The number of hydrogen-bond acceptors (Lipinski definition) is 6. The molecule has 2 unspecified atom stereocenters. The van der Waals surface area contributed by atoms with Gasteiger partial charge in [0.2, 0.25) is 0 Å². The second-order valence-electron chi connectivity index (χ2n) is 12.3. The van der Waals surface area contributed by atoms with Gasteiger partial charge in [-0.15, -0.1) is 0 Å². The number of anilines is 1. The minimum atomic E-state index is -0.588. The highest BCUT2D eigenvalue weighted by Gasteiger charge is 2.37. The smallest absolute Gasteiger partial charge is 0.410 e. The molecule has 1 aromatic carbocycles. The molecule has 8 nitrogen and oxygen atoms in total. The van der Waals surface area contributed by atoms with E-state index < -0.39 is 11.2 Å². The van der Waals surface area contributed by atoms with Gasteiger partial charge in [-0.25, -0.2) is 9.59 Å². The largest absolute Gasteiger partial charge is 0.444 e. The Morgan fingerprint density at radius 1 is 0.778 bits per heavy atom. The Bertz CT molecular complexity index is 915. The number of carbonyl (C=O) groups is 2. The van der Waals surface area contributed by atoms with E-state index in [2.05, 4.69) is 34.1 Å². The van der Waals surface area contributed by atoms with E-state index in [9.17, 15) is 9.59 Å². The second-order valence-corrected chi connectivity index (χ2v) is 12.3. The fraction of sp³-hybridized carbons (Fsp3) is 0.714. The number of nitrogens with zero attached hydrogens (tertiary/aromatic N) is 4. The molecule has 3 fully saturated rings. The van der Waals surface area contributed by atoms with Crippen molar-refractivity contribution in [2.45, 2.75) is 84.1 Å². The molecule has 8 heteroatoms. The Balaban J connectivity index is 1.49. The second kappa shape index (κ2) is 10.5. The lowest BCUT2D eigenvalue weighted by Gasteiger charge is -2.42. The summed E-state index contributed by atoms with van der Waals surface area (Å²) >= 11 is 0. The third-order valence-electron chi connectivity index (χ3n) is 7.12. The third-order valence-corrected chi connectivity index (χ3v) is 7.12. The van der Waals surface area contributed by atoms with Gasteiger partial charge in [0.25, 0.3) is 0 Å². The maximum atomic E-state index is 13.1. The number of rotatable bonds is 3. The van der Waals surface area contributed by atoms with E-state index in [0.29, 0.717) is 25.7 Å². The topological polar surface area (TPSA) is 65.6 Å². The highest BCUT2D eigenvalue weighted by atomic mass is 16.6. The molecule has 36 heavy (non-hydrogen) atoms. The van der Waals surface area contributed by atoms with Crippen LogP contribution in [0.15, 0.2) is 24.3 Å². The first-order valence-corrected chi connectivity index (χ1v) is 13.5. The van der Waals surface area contributed by atoms with E-state index in [1.807, 2.05) is 41.5 Å². The summed E-state index contributed by atoms with van der Waals surface area (Å²) in [6.07, 6.45) is 3.15. The van der Waals surface area contributed by atoms with Crippen LogP contribution in [0.5, 0.6) is 0 Å². The number of ether oxygens (including phenoxy) is 2. The summed E-state index contributed by atoms with van der Waals surface area (Å²) in [6.45, 7) is 17.0. The highest BCUT2D eigenvalue weighted by molar-refractivity contribution is 5.71. The molecule has 2 atom stereocenters. The Hall–Kier alpha value is -2.48. The summed E-state index contributed by atoms with van der Waals surface area (Å²) < 4.78 is 11.3. The van der Waals surface area contributed by atoms with Crippen LogP contribution in [0.1, 0.15) is 72.4 Å². The average Bonchev–Trinajstić information content (AvgIpc) is 3.48. The maximum Gasteiger partial charge on any atom is 0.410 e. The molecule has 3 heterocycles. The van der Waals surface area contributed by atoms with Gasteiger partial charge >= 0.3 is 12.2 Å². The molecule has 3 aliphatic rings. The minimum absolute atomic E-state index is 0.300. The number of benzene rings is 1. The summed E-state index contributed by atoms with van der Waals surface area (Å²) in [5.41, 5.74) is 1.05. The Labute approximate surface area is 216 Å². The van der Waals surface area contributed by atoms with E-state index in [0.717, 1.165) is 18.7 Å². The molecule has 0 aliphatic carbocycles. The van der Waals surface area contributed by atoms with Crippen molar-refractivity contribution in [3.8, 4) is 0 Å². The quantitative estimate of drug-likeness (QED) is 0.589. The zero-order valence-electron chi connectivity index (χ0n) is 23.0. The molecule has 3 aliphatic heterocycles. The van der Waals surface area contributed by atoms with Crippen LogP contribution >= 0.6 is 0 Å². The van der Waals surface area contributed by atoms with Crippen LogP contribution in [0.2, 0.25) is 0 Å². The Morgan fingerprint density at radius 2 is 1.39 bits per heavy atom. The lowest BCUT2D eigenvalue weighted by atomic mass is 10.0. The molecule has 0 bridgehead atoms. The van der Waals surface area contributed by atoms with Crippen LogP contribution in [0.25, 0.3) is 0 Å². The van der Waals surface area contributed by atoms with Crippen LogP contribution in [-0.4, -0.2) is 89.9 Å². The molecule has 200 valence electrons. The van der Waals surface area contributed by atoms with Gasteiger partial charge in [-0.05, 0) is 91.6 Å². The van der Waals surface area contributed by atoms with Gasteiger partial charge in [-0.1, -0.05) is 12.1 Å². The van der Waals surface area contributed by atoms with Gasteiger partial charge in [-0.2, -0.15) is 0 Å². The summed E-state index contributed by atoms with van der Waals surface area (Å²) in [4.78, 5) is 34.5. The van der Waals surface area contributed by atoms with E-state index in [4.69, 9.17) is 9.47 Å². The van der Waals surface area contributed by atoms with Gasteiger partial charge in [0.15, 0.2) is 0 Å². The van der Waals surface area contributed by atoms with Crippen LogP contribution in [0.3, 0.4) is 0 Å². The van der Waals surface area contributed by atoms with Crippen LogP contribution in [0, 0.1) is 0 Å². The first kappa shape index (κ1) is 26.6. The normalized spacial score (nSPS) is 23.8. The van der Waals surface area contributed by atoms with E-state index in [1.165, 1.54) is 38.0 Å². The van der Waals surface area contributed by atoms with Gasteiger partial charge in [0, 0.05) is 44.5 Å². The van der Waals surface area contributed by atoms with Crippen molar-refractivity contribution in [2.24, 2.45) is 0 Å². The monoisotopic (exact) mass is 500 g/mol. The molecular formula is C28H44N4O4. The molecule has 0 saturated carbocycles. The zero-order valence-corrected chi connectivity index (χ0v) is 23.0. The van der Waals surface area contributed by atoms with Crippen LogP contribution < -0.4 is 4.90 Å². The number of carbonyl (C=O) groups excluding carboxylic acids is 2. The van der Waals surface area contributed by atoms with E-state index >= 15 is 0 Å². The standard InChI is InChI=1S/C28H44N4O4/c1-27(2,3)35-25(33)31-17-18-32(26(34)36-28(4,5)6)24(20-31)21-9-11-22(12-10-21)30-16-13-23(19-30)29-14-7-8-15-29/h9-12,23-24H,7-8,13-20H2,1-6H3. The van der Waals surface area contributed by atoms with Gasteiger partial charge in [0.05, 0.1) is 6.04 Å². The fourth-order valence-electron chi connectivity index (χ4n) is 5.39. The fourth-order valence-corrected chi connectivity index (χ4v) is 5.39. The molecular weight excluding hydrogens is 456 g/mol. The number of likely N-dealkylation sites (tertiary alicyclic amines) is 1. The molecule has 2 amide bonds. The zero-order chi connectivity index (χ0) is 26.1. The van der Waals surface area contributed by atoms with Gasteiger partial charge in [0.1, 0.15) is 11.2 Å². The number of piperazine rings is 1. The van der Waals surface area contributed by atoms with Crippen molar-refractivity contribution in [1.82, 2.24) is 14.7 Å². The number of hydrogen-bond donors (Lipinski definition) is 0. The highest BCUT2D eigenvalue weighted by Crippen LogP contribution is 2.31.